The summed E-state index contributed by atoms with van der Waals surface area (Å²) in [5.41, 5.74) is 4.76. The Kier molecular flexibility index (Phi) is 5.39. The molecule has 29 heavy (non-hydrogen) atoms. The molecule has 2 heterocycles. The summed E-state index contributed by atoms with van der Waals surface area (Å²) in [4.78, 5) is 16.6. The van der Waals surface area contributed by atoms with Crippen LogP contribution in [0.25, 0.3) is 0 Å². The normalized spacial score (nSPS) is 10.2. The molecule has 7 heteroatoms. The van der Waals surface area contributed by atoms with Crippen LogP contribution >= 0.6 is 0 Å². The Labute approximate surface area is 167 Å². The van der Waals surface area contributed by atoms with Gasteiger partial charge in [-0.05, 0) is 60.7 Å². The second-order valence-corrected chi connectivity index (χ2v) is 6.23. The van der Waals surface area contributed by atoms with E-state index in [9.17, 15) is 4.79 Å². The van der Waals surface area contributed by atoms with Crippen LogP contribution in [0.4, 0.5) is 28.4 Å². The molecule has 4 rings (SSSR count). The number of hydrogen-bond donors (Lipinski definition) is 3. The first-order valence-corrected chi connectivity index (χ1v) is 8.98. The summed E-state index contributed by atoms with van der Waals surface area (Å²) in [5.74, 6) is -0.178. The largest absolute Gasteiger partial charge is 0.355 e. The Morgan fingerprint density at radius 3 is 2.10 bits per heavy atom. The van der Waals surface area contributed by atoms with Crippen molar-refractivity contribution >= 4 is 34.3 Å². The lowest BCUT2D eigenvalue weighted by atomic mass is 10.2. The fourth-order valence-electron chi connectivity index (χ4n) is 2.72. The number of rotatable bonds is 6. The number of pyridine rings is 1. The van der Waals surface area contributed by atoms with Gasteiger partial charge in [0.15, 0.2) is 0 Å². The highest BCUT2D eigenvalue weighted by Gasteiger charge is 2.07. The van der Waals surface area contributed by atoms with E-state index in [0.29, 0.717) is 11.3 Å². The van der Waals surface area contributed by atoms with Gasteiger partial charge in [-0.2, -0.15) is 10.2 Å². The lowest BCUT2D eigenvalue weighted by Gasteiger charge is -2.10. The molecule has 0 aliphatic rings. The molecule has 0 saturated heterocycles. The summed E-state index contributed by atoms with van der Waals surface area (Å²) in [6, 6.07) is 20.3. The van der Waals surface area contributed by atoms with Crippen LogP contribution in [0, 0.1) is 0 Å². The van der Waals surface area contributed by atoms with E-state index in [-0.39, 0.29) is 5.91 Å². The van der Waals surface area contributed by atoms with Crippen molar-refractivity contribution in [3.05, 3.63) is 97.1 Å². The van der Waals surface area contributed by atoms with Gasteiger partial charge in [0.1, 0.15) is 0 Å². The molecule has 0 aliphatic heterocycles. The Morgan fingerprint density at radius 1 is 0.655 bits per heavy atom. The van der Waals surface area contributed by atoms with E-state index in [0.717, 1.165) is 22.7 Å². The summed E-state index contributed by atoms with van der Waals surface area (Å²) >= 11 is 0. The Hall–Kier alpha value is -4.26. The van der Waals surface area contributed by atoms with Gasteiger partial charge in [0.25, 0.3) is 5.91 Å². The molecule has 0 radical (unpaired) electrons. The molecule has 3 N–H and O–H groups in total. The molecular weight excluding hydrogens is 364 g/mol. The van der Waals surface area contributed by atoms with Gasteiger partial charge < -0.3 is 16.0 Å². The number of hydrogen-bond acceptors (Lipinski definition) is 6. The van der Waals surface area contributed by atoms with Crippen LogP contribution in [0.15, 0.2) is 91.5 Å². The van der Waals surface area contributed by atoms with Gasteiger partial charge in [-0.15, -0.1) is 0 Å². The van der Waals surface area contributed by atoms with Gasteiger partial charge in [0.2, 0.25) is 0 Å². The summed E-state index contributed by atoms with van der Waals surface area (Å²) in [7, 11) is 0. The zero-order valence-electron chi connectivity index (χ0n) is 15.4. The van der Waals surface area contributed by atoms with Gasteiger partial charge in [-0.3, -0.25) is 9.78 Å². The van der Waals surface area contributed by atoms with Gasteiger partial charge in [0, 0.05) is 40.7 Å². The summed E-state index contributed by atoms with van der Waals surface area (Å²) in [5, 5.41) is 17.0. The summed E-state index contributed by atoms with van der Waals surface area (Å²) < 4.78 is 0. The molecule has 0 atom stereocenters. The third-order valence-electron chi connectivity index (χ3n) is 4.11. The van der Waals surface area contributed by atoms with Crippen LogP contribution in [0.1, 0.15) is 10.4 Å². The molecule has 1 amide bonds. The third-order valence-corrected chi connectivity index (χ3v) is 4.11. The first-order chi connectivity index (χ1) is 14.3. The second kappa shape index (κ2) is 8.62. The maximum Gasteiger partial charge on any atom is 0.255 e. The van der Waals surface area contributed by atoms with Crippen molar-refractivity contribution in [3.63, 3.8) is 0 Å². The van der Waals surface area contributed by atoms with Crippen molar-refractivity contribution in [1.29, 1.82) is 0 Å². The summed E-state index contributed by atoms with van der Waals surface area (Å²) in [6.07, 6.45) is 6.69. The zero-order valence-corrected chi connectivity index (χ0v) is 15.4. The number of amides is 1. The Bertz CT molecular complexity index is 1090. The topological polar surface area (TPSA) is 91.8 Å². The van der Waals surface area contributed by atoms with E-state index < -0.39 is 0 Å². The number of carbonyl (C=O) groups is 1. The fourth-order valence-corrected chi connectivity index (χ4v) is 2.72. The van der Waals surface area contributed by atoms with Crippen LogP contribution in [0.5, 0.6) is 0 Å². The maximum atomic E-state index is 12.6. The average Bonchev–Trinajstić information content (AvgIpc) is 2.76. The number of nitrogens with zero attached hydrogens (tertiary/aromatic N) is 3. The fraction of sp³-hybridized carbons (Fsp3) is 0. The number of aromatic nitrogens is 3. The van der Waals surface area contributed by atoms with Gasteiger partial charge >= 0.3 is 0 Å². The summed E-state index contributed by atoms with van der Waals surface area (Å²) in [6.45, 7) is 0. The van der Waals surface area contributed by atoms with Crippen molar-refractivity contribution in [2.75, 3.05) is 16.0 Å². The third kappa shape index (κ3) is 4.92. The van der Waals surface area contributed by atoms with Crippen molar-refractivity contribution in [1.82, 2.24) is 15.2 Å². The van der Waals surface area contributed by atoms with Gasteiger partial charge in [-0.1, -0.05) is 6.07 Å². The van der Waals surface area contributed by atoms with Gasteiger partial charge in [0.05, 0.1) is 18.1 Å². The first kappa shape index (κ1) is 18.1. The van der Waals surface area contributed by atoms with Crippen molar-refractivity contribution in [2.45, 2.75) is 0 Å². The van der Waals surface area contributed by atoms with Crippen molar-refractivity contribution < 1.29 is 4.79 Å². The number of anilines is 5. The van der Waals surface area contributed by atoms with Crippen LogP contribution in [-0.4, -0.2) is 21.1 Å². The van der Waals surface area contributed by atoms with E-state index in [2.05, 4.69) is 31.1 Å². The molecule has 0 saturated carbocycles. The second-order valence-electron chi connectivity index (χ2n) is 6.23. The van der Waals surface area contributed by atoms with E-state index in [4.69, 9.17) is 0 Å². The molecule has 0 aliphatic carbocycles. The molecule has 0 fully saturated rings. The standard InChI is InChI=1S/C22H18N6O/c29-22(16-4-6-17(7-5-16)26-18-8-11-23-12-9-18)28-20-3-1-2-19(14-20)27-21-10-13-24-25-15-21/h1-15H,(H,23,26)(H,24,27)(H,28,29). The minimum atomic E-state index is -0.178. The number of benzene rings is 2. The molecular formula is C22H18N6O. The van der Waals surface area contributed by atoms with Crippen LogP contribution in [0.2, 0.25) is 0 Å². The lowest BCUT2D eigenvalue weighted by molar-refractivity contribution is 0.102. The molecule has 7 nitrogen and oxygen atoms in total. The van der Waals surface area contributed by atoms with E-state index in [1.807, 2.05) is 54.6 Å². The molecule has 4 aromatic rings. The molecule has 0 bridgehead atoms. The SMILES string of the molecule is O=C(Nc1cccc(Nc2ccnnc2)c1)c1ccc(Nc2ccncc2)cc1. The van der Waals surface area contributed by atoms with E-state index in [1.165, 1.54) is 0 Å². The Morgan fingerprint density at radius 2 is 1.34 bits per heavy atom. The monoisotopic (exact) mass is 382 g/mol. The van der Waals surface area contributed by atoms with Crippen LogP contribution in [-0.2, 0) is 0 Å². The quantitative estimate of drug-likeness (QED) is 0.451. The predicted octanol–water partition coefficient (Wildman–Crippen LogP) is 4.61. The van der Waals surface area contributed by atoms with Crippen molar-refractivity contribution in [2.24, 2.45) is 0 Å². The van der Waals surface area contributed by atoms with E-state index >= 15 is 0 Å². The minimum Gasteiger partial charge on any atom is -0.355 e. The van der Waals surface area contributed by atoms with E-state index in [1.54, 1.807) is 36.9 Å². The predicted molar refractivity (Wildman–Crippen MR) is 114 cm³/mol. The average molecular weight is 382 g/mol. The highest BCUT2D eigenvalue weighted by Crippen LogP contribution is 2.21. The molecule has 2 aromatic heterocycles. The van der Waals surface area contributed by atoms with Crippen LogP contribution < -0.4 is 16.0 Å². The first-order valence-electron chi connectivity index (χ1n) is 8.98. The molecule has 0 spiro atoms. The lowest BCUT2D eigenvalue weighted by Crippen LogP contribution is -2.11. The molecule has 142 valence electrons. The highest BCUT2D eigenvalue weighted by atomic mass is 16.1. The Balaban J connectivity index is 1.40. The number of nitrogens with one attached hydrogen (secondary N) is 3. The smallest absolute Gasteiger partial charge is 0.255 e. The maximum absolute atomic E-state index is 12.6. The van der Waals surface area contributed by atoms with Gasteiger partial charge in [-0.25, -0.2) is 0 Å². The highest BCUT2D eigenvalue weighted by molar-refractivity contribution is 6.04. The molecule has 0 unspecified atom stereocenters. The van der Waals surface area contributed by atoms with Crippen LogP contribution in [0.3, 0.4) is 0 Å². The zero-order chi connectivity index (χ0) is 19.9. The van der Waals surface area contributed by atoms with Crippen molar-refractivity contribution in [3.8, 4) is 0 Å². The minimum absolute atomic E-state index is 0.178. The number of carbonyl (C=O) groups excluding carboxylic acids is 1. The molecule has 2 aromatic carbocycles.